The molecule has 7 nitrogen and oxygen atoms in total. The van der Waals surface area contributed by atoms with Crippen molar-refractivity contribution in [3.63, 3.8) is 0 Å². The number of para-hydroxylation sites is 2. The van der Waals surface area contributed by atoms with Gasteiger partial charge in [-0.3, -0.25) is 14.9 Å². The summed E-state index contributed by atoms with van der Waals surface area (Å²) in [5, 5.41) is 21.0. The van der Waals surface area contributed by atoms with Crippen LogP contribution in [0.3, 0.4) is 0 Å². The highest BCUT2D eigenvalue weighted by Gasteiger charge is 2.29. The lowest BCUT2D eigenvalue weighted by molar-refractivity contribution is -0.386. The second kappa shape index (κ2) is 6.68. The summed E-state index contributed by atoms with van der Waals surface area (Å²) in [6.45, 7) is 0. The number of nitrogens with zero attached hydrogens (tertiary/aromatic N) is 1. The van der Waals surface area contributed by atoms with Gasteiger partial charge >= 0.3 is 5.69 Å². The maximum absolute atomic E-state index is 11.3. The zero-order valence-corrected chi connectivity index (χ0v) is 11.5. The van der Waals surface area contributed by atoms with Crippen molar-refractivity contribution in [3.05, 3.63) is 70.3 Å². The van der Waals surface area contributed by atoms with E-state index in [1.165, 1.54) is 18.2 Å². The van der Waals surface area contributed by atoms with Gasteiger partial charge in [0.25, 0.3) is 5.91 Å². The molecule has 0 aliphatic rings. The van der Waals surface area contributed by atoms with E-state index in [2.05, 4.69) is 0 Å². The number of hydrogen-bond donors (Lipinski definition) is 2. The average Bonchev–Trinajstić information content (AvgIpc) is 2.53. The Hall–Kier alpha value is -2.93. The van der Waals surface area contributed by atoms with E-state index < -0.39 is 23.0 Å². The molecule has 0 aliphatic heterocycles. The monoisotopic (exact) mass is 302 g/mol. The Balaban J connectivity index is 2.40. The van der Waals surface area contributed by atoms with Gasteiger partial charge in [-0.15, -0.1) is 0 Å². The predicted octanol–water partition coefficient (Wildman–Crippen LogP) is 1.56. The summed E-state index contributed by atoms with van der Waals surface area (Å²) in [5.41, 5.74) is 5.34. The number of benzene rings is 2. The van der Waals surface area contributed by atoms with Crippen LogP contribution in [-0.2, 0) is 4.79 Å². The first kappa shape index (κ1) is 15.5. The summed E-state index contributed by atoms with van der Waals surface area (Å²) in [6, 6.07) is 14.1. The number of nitro benzene ring substituents is 1. The minimum Gasteiger partial charge on any atom is -0.475 e. The lowest BCUT2D eigenvalue weighted by Crippen LogP contribution is -2.36. The molecule has 22 heavy (non-hydrogen) atoms. The molecular weight excluding hydrogens is 288 g/mol. The molecule has 2 aromatic rings. The fourth-order valence-corrected chi connectivity index (χ4v) is 1.95. The summed E-state index contributed by atoms with van der Waals surface area (Å²) >= 11 is 0. The van der Waals surface area contributed by atoms with E-state index in [0.29, 0.717) is 5.56 Å². The quantitative estimate of drug-likeness (QED) is 0.620. The normalized spacial score (nSPS) is 13.1. The fraction of sp³-hybridized carbons (Fsp3) is 0.133. The predicted molar refractivity (Wildman–Crippen MR) is 78.1 cm³/mol. The molecule has 2 rings (SSSR count). The number of aliphatic hydroxyl groups excluding tert-OH is 1. The molecule has 0 aliphatic carbocycles. The van der Waals surface area contributed by atoms with Crippen LogP contribution in [0, 0.1) is 10.1 Å². The zero-order chi connectivity index (χ0) is 16.1. The molecule has 0 radical (unpaired) electrons. The summed E-state index contributed by atoms with van der Waals surface area (Å²) in [5.74, 6) is -1.03. The molecule has 0 bridgehead atoms. The van der Waals surface area contributed by atoms with Crippen LogP contribution in [0.2, 0.25) is 0 Å². The van der Waals surface area contributed by atoms with Gasteiger partial charge < -0.3 is 15.6 Å². The molecule has 0 fully saturated rings. The first-order valence-electron chi connectivity index (χ1n) is 6.43. The van der Waals surface area contributed by atoms with Crippen molar-refractivity contribution >= 4 is 11.6 Å². The molecule has 0 saturated carbocycles. The van der Waals surface area contributed by atoms with Crippen LogP contribution < -0.4 is 10.5 Å². The van der Waals surface area contributed by atoms with Crippen LogP contribution in [0.15, 0.2) is 54.6 Å². The van der Waals surface area contributed by atoms with Gasteiger partial charge in [-0.25, -0.2) is 0 Å². The van der Waals surface area contributed by atoms with Crippen molar-refractivity contribution in [2.45, 2.75) is 12.2 Å². The fourth-order valence-electron chi connectivity index (χ4n) is 1.95. The van der Waals surface area contributed by atoms with Crippen LogP contribution >= 0.6 is 0 Å². The smallest absolute Gasteiger partial charge is 0.310 e. The zero-order valence-electron chi connectivity index (χ0n) is 11.5. The van der Waals surface area contributed by atoms with Crippen LogP contribution in [0.1, 0.15) is 11.7 Å². The second-order valence-corrected chi connectivity index (χ2v) is 4.52. The van der Waals surface area contributed by atoms with E-state index in [4.69, 9.17) is 10.5 Å². The third-order valence-electron chi connectivity index (χ3n) is 3.02. The van der Waals surface area contributed by atoms with Gasteiger partial charge in [-0.2, -0.15) is 0 Å². The molecule has 7 heteroatoms. The van der Waals surface area contributed by atoms with Gasteiger partial charge in [-0.05, 0) is 11.6 Å². The Morgan fingerprint density at radius 3 is 2.32 bits per heavy atom. The number of aliphatic hydroxyl groups is 1. The molecule has 114 valence electrons. The molecule has 0 heterocycles. The molecule has 0 aromatic heterocycles. The van der Waals surface area contributed by atoms with E-state index in [-0.39, 0.29) is 11.4 Å². The third kappa shape index (κ3) is 3.39. The van der Waals surface area contributed by atoms with Crippen molar-refractivity contribution in [2.75, 3.05) is 0 Å². The van der Waals surface area contributed by atoms with Gasteiger partial charge in [0.1, 0.15) is 0 Å². The first-order valence-corrected chi connectivity index (χ1v) is 6.43. The van der Waals surface area contributed by atoms with E-state index >= 15 is 0 Å². The molecule has 2 atom stereocenters. The lowest BCUT2D eigenvalue weighted by Gasteiger charge is -2.22. The Morgan fingerprint density at radius 1 is 1.14 bits per heavy atom. The third-order valence-corrected chi connectivity index (χ3v) is 3.02. The van der Waals surface area contributed by atoms with E-state index in [1.807, 2.05) is 0 Å². The minimum atomic E-state index is -1.64. The van der Waals surface area contributed by atoms with Crippen molar-refractivity contribution in [2.24, 2.45) is 5.73 Å². The van der Waals surface area contributed by atoms with Gasteiger partial charge in [0.2, 0.25) is 0 Å². The Bertz CT molecular complexity index is 675. The van der Waals surface area contributed by atoms with E-state index in [0.717, 1.165) is 0 Å². The number of rotatable bonds is 6. The molecule has 1 amide bonds. The molecule has 2 aromatic carbocycles. The lowest BCUT2D eigenvalue weighted by atomic mass is 10.0. The second-order valence-electron chi connectivity index (χ2n) is 4.52. The Labute approximate surface area is 126 Å². The molecule has 0 unspecified atom stereocenters. The summed E-state index contributed by atoms with van der Waals surface area (Å²) < 4.78 is 5.52. The van der Waals surface area contributed by atoms with Crippen LogP contribution in [-0.4, -0.2) is 22.0 Å². The van der Waals surface area contributed by atoms with Crippen molar-refractivity contribution in [1.82, 2.24) is 0 Å². The maximum Gasteiger partial charge on any atom is 0.310 e. The first-order chi connectivity index (χ1) is 10.5. The largest absolute Gasteiger partial charge is 0.475 e. The van der Waals surface area contributed by atoms with Crippen LogP contribution in [0.4, 0.5) is 5.69 Å². The van der Waals surface area contributed by atoms with Crippen molar-refractivity contribution in [1.29, 1.82) is 0 Å². The molecular formula is C15H14N2O5. The summed E-state index contributed by atoms with van der Waals surface area (Å²) in [7, 11) is 0. The van der Waals surface area contributed by atoms with Crippen LogP contribution in [0.5, 0.6) is 5.75 Å². The molecule has 0 saturated heterocycles. The highest BCUT2D eigenvalue weighted by Crippen LogP contribution is 2.32. The number of ether oxygens (including phenoxy) is 1. The number of carbonyl (C=O) groups excluding carboxylic acids is 1. The highest BCUT2D eigenvalue weighted by atomic mass is 16.6. The van der Waals surface area contributed by atoms with Gasteiger partial charge in [0.05, 0.1) is 4.92 Å². The number of carbonyl (C=O) groups is 1. The number of amides is 1. The number of nitro groups is 1. The number of hydrogen-bond acceptors (Lipinski definition) is 5. The minimum absolute atomic E-state index is 0.0540. The van der Waals surface area contributed by atoms with Gasteiger partial charge in [-0.1, -0.05) is 42.5 Å². The Kier molecular flexibility index (Phi) is 4.70. The average molecular weight is 302 g/mol. The van der Waals surface area contributed by atoms with Crippen LogP contribution in [0.25, 0.3) is 0 Å². The van der Waals surface area contributed by atoms with Gasteiger partial charge in [0.15, 0.2) is 18.0 Å². The summed E-state index contributed by atoms with van der Waals surface area (Å²) in [4.78, 5) is 21.7. The summed E-state index contributed by atoms with van der Waals surface area (Å²) in [6.07, 6.45) is -2.78. The number of primary amides is 1. The molecule has 0 spiro atoms. The van der Waals surface area contributed by atoms with Crippen molar-refractivity contribution in [3.8, 4) is 5.75 Å². The standard InChI is InChI=1S/C15H14N2O5/c16-15(19)13(18)14(10-6-2-1-3-7-10)22-12-9-5-4-8-11(12)17(20)21/h1-9,13-14,18H,(H2,16,19)/t13-,14-/m1/s1. The topological polar surface area (TPSA) is 116 Å². The van der Waals surface area contributed by atoms with Crippen molar-refractivity contribution < 1.29 is 19.6 Å². The van der Waals surface area contributed by atoms with E-state index in [1.54, 1.807) is 36.4 Å². The molecule has 3 N–H and O–H groups in total. The maximum atomic E-state index is 11.3. The Morgan fingerprint density at radius 2 is 1.73 bits per heavy atom. The SMILES string of the molecule is NC(=O)[C@H](O)[C@H](Oc1ccccc1[N+](=O)[O-])c1ccccc1. The van der Waals surface area contributed by atoms with E-state index in [9.17, 15) is 20.0 Å². The number of nitrogens with two attached hydrogens (primary N) is 1. The van der Waals surface area contributed by atoms with Gasteiger partial charge in [0, 0.05) is 6.07 Å². The highest BCUT2D eigenvalue weighted by molar-refractivity contribution is 5.79.